The van der Waals surface area contributed by atoms with Gasteiger partial charge in [0.15, 0.2) is 0 Å². The number of hydrogen-bond donors (Lipinski definition) is 1. The van der Waals surface area contributed by atoms with Crippen LogP contribution in [0, 0.1) is 23.7 Å². The maximum Gasteiger partial charge on any atom is 0.257 e. The number of terminal acetylenes is 1. The summed E-state index contributed by atoms with van der Waals surface area (Å²) in [5.74, 6) is 2.53. The normalized spacial score (nSPS) is 9.06. The van der Waals surface area contributed by atoms with Crippen LogP contribution in [0.5, 0.6) is 5.75 Å². The second-order valence-corrected chi connectivity index (χ2v) is 3.48. The quantitative estimate of drug-likeness (QED) is 0.483. The van der Waals surface area contributed by atoms with Gasteiger partial charge < -0.3 is 15.4 Å². The van der Waals surface area contributed by atoms with Gasteiger partial charge in [-0.2, -0.15) is 5.26 Å². The van der Waals surface area contributed by atoms with Gasteiger partial charge in [-0.25, -0.2) is 0 Å². The molecule has 18 heavy (non-hydrogen) atoms. The molecular weight excluding hydrogens is 230 g/mol. The van der Waals surface area contributed by atoms with E-state index in [9.17, 15) is 4.79 Å². The first-order valence-electron chi connectivity index (χ1n) is 5.17. The molecule has 0 aromatic heterocycles. The highest BCUT2D eigenvalue weighted by Gasteiger charge is 2.17. The van der Waals surface area contributed by atoms with Crippen molar-refractivity contribution < 1.29 is 9.53 Å². The summed E-state index contributed by atoms with van der Waals surface area (Å²) in [7, 11) is 1.51. The van der Waals surface area contributed by atoms with E-state index in [2.05, 4.69) is 5.92 Å². The van der Waals surface area contributed by atoms with E-state index in [0.717, 1.165) is 0 Å². The van der Waals surface area contributed by atoms with Crippen LogP contribution in [-0.2, 0) is 0 Å². The Bertz CT molecular complexity index is 510. The van der Waals surface area contributed by atoms with E-state index >= 15 is 0 Å². The molecule has 0 bridgehead atoms. The number of nitrogens with zero attached hydrogens (tertiary/aromatic N) is 2. The SMILES string of the molecule is C#CCN(CC#N)C(=O)c1ccc(OC)cc1N. The van der Waals surface area contributed by atoms with Crippen molar-refractivity contribution in [3.63, 3.8) is 0 Å². The third-order valence-corrected chi connectivity index (χ3v) is 2.32. The zero-order valence-electron chi connectivity index (χ0n) is 10.0. The molecule has 0 aliphatic heterocycles. The van der Waals surface area contributed by atoms with E-state index < -0.39 is 0 Å². The molecule has 0 aliphatic rings. The van der Waals surface area contributed by atoms with E-state index in [-0.39, 0.29) is 19.0 Å². The predicted octanol–water partition coefficient (Wildman–Crippen LogP) is 0.876. The number of nitrogen functional groups attached to an aromatic ring is 1. The minimum absolute atomic E-state index is 0.0673. The topological polar surface area (TPSA) is 79.3 Å². The second-order valence-electron chi connectivity index (χ2n) is 3.48. The standard InChI is InChI=1S/C13H13N3O2/c1-3-7-16(8-6-14)13(17)11-5-4-10(18-2)9-12(11)15/h1,4-5,9H,7-8,15H2,2H3. The van der Waals surface area contributed by atoms with Crippen LogP contribution in [0.15, 0.2) is 18.2 Å². The molecule has 1 aromatic rings. The lowest BCUT2D eigenvalue weighted by atomic mass is 10.1. The van der Waals surface area contributed by atoms with Crippen molar-refractivity contribution in [1.29, 1.82) is 5.26 Å². The van der Waals surface area contributed by atoms with E-state index in [0.29, 0.717) is 17.0 Å². The molecule has 92 valence electrons. The maximum absolute atomic E-state index is 12.1. The lowest BCUT2D eigenvalue weighted by Gasteiger charge is -2.17. The first kappa shape index (κ1) is 13.4. The molecule has 0 atom stereocenters. The summed E-state index contributed by atoms with van der Waals surface area (Å²) in [5.41, 5.74) is 6.36. The molecule has 0 saturated carbocycles. The number of methoxy groups -OCH3 is 1. The molecule has 0 saturated heterocycles. The van der Waals surface area contributed by atoms with Crippen molar-refractivity contribution in [1.82, 2.24) is 4.90 Å². The summed E-state index contributed by atoms with van der Waals surface area (Å²) in [6.45, 7) is -0.00757. The molecule has 0 spiro atoms. The number of anilines is 1. The van der Waals surface area contributed by atoms with Crippen LogP contribution in [0.4, 0.5) is 5.69 Å². The summed E-state index contributed by atoms with van der Waals surface area (Å²) < 4.78 is 5.00. The molecule has 0 unspecified atom stereocenters. The number of benzene rings is 1. The van der Waals surface area contributed by atoms with Gasteiger partial charge in [0, 0.05) is 11.8 Å². The van der Waals surface area contributed by atoms with E-state index in [1.165, 1.54) is 12.0 Å². The highest BCUT2D eigenvalue weighted by Crippen LogP contribution is 2.20. The van der Waals surface area contributed by atoms with Crippen molar-refractivity contribution >= 4 is 11.6 Å². The molecule has 5 heteroatoms. The average Bonchev–Trinajstić information content (AvgIpc) is 2.37. The third kappa shape index (κ3) is 2.93. The second kappa shape index (κ2) is 6.17. The van der Waals surface area contributed by atoms with Crippen LogP contribution in [0.3, 0.4) is 0 Å². The van der Waals surface area contributed by atoms with E-state index in [4.69, 9.17) is 22.2 Å². The average molecular weight is 243 g/mol. The fourth-order valence-electron chi connectivity index (χ4n) is 1.43. The van der Waals surface area contributed by atoms with Crippen molar-refractivity contribution in [3.8, 4) is 24.2 Å². The Balaban J connectivity index is 3.02. The Kier molecular flexibility index (Phi) is 4.59. The van der Waals surface area contributed by atoms with Gasteiger partial charge in [0.1, 0.15) is 12.3 Å². The Morgan fingerprint density at radius 3 is 2.78 bits per heavy atom. The summed E-state index contributed by atoms with van der Waals surface area (Å²) in [5, 5.41) is 8.65. The number of nitriles is 1. The molecule has 0 heterocycles. The van der Waals surface area contributed by atoms with Crippen molar-refractivity contribution in [2.75, 3.05) is 25.9 Å². The summed E-state index contributed by atoms with van der Waals surface area (Å²) in [4.78, 5) is 13.4. The number of ether oxygens (including phenoxy) is 1. The first-order valence-corrected chi connectivity index (χ1v) is 5.17. The number of rotatable bonds is 4. The van der Waals surface area contributed by atoms with Gasteiger partial charge in [0.05, 0.1) is 25.3 Å². The zero-order valence-corrected chi connectivity index (χ0v) is 10.0. The predicted molar refractivity (Wildman–Crippen MR) is 67.8 cm³/mol. The van der Waals surface area contributed by atoms with Crippen molar-refractivity contribution in [2.24, 2.45) is 0 Å². The molecule has 1 aromatic carbocycles. The van der Waals surface area contributed by atoms with Crippen LogP contribution in [0.2, 0.25) is 0 Å². The fraction of sp³-hybridized carbons (Fsp3) is 0.231. The molecule has 5 nitrogen and oxygen atoms in total. The van der Waals surface area contributed by atoms with Gasteiger partial charge in [-0.05, 0) is 12.1 Å². The first-order chi connectivity index (χ1) is 8.63. The van der Waals surface area contributed by atoms with Gasteiger partial charge >= 0.3 is 0 Å². The summed E-state index contributed by atoms with van der Waals surface area (Å²) in [6, 6.07) is 6.62. The molecule has 0 aliphatic carbocycles. The number of nitrogens with two attached hydrogens (primary N) is 1. The lowest BCUT2D eigenvalue weighted by Crippen LogP contribution is -2.32. The smallest absolute Gasteiger partial charge is 0.257 e. The molecule has 2 N–H and O–H groups in total. The van der Waals surface area contributed by atoms with Gasteiger partial charge in [0.2, 0.25) is 0 Å². The lowest BCUT2D eigenvalue weighted by molar-refractivity contribution is 0.0796. The monoisotopic (exact) mass is 243 g/mol. The van der Waals surface area contributed by atoms with E-state index in [1.54, 1.807) is 18.2 Å². The number of amides is 1. The Morgan fingerprint density at radius 2 is 2.28 bits per heavy atom. The van der Waals surface area contributed by atoms with Gasteiger partial charge in [0.25, 0.3) is 5.91 Å². The molecule has 1 amide bonds. The Hall–Kier alpha value is -2.66. The van der Waals surface area contributed by atoms with Crippen LogP contribution in [0.25, 0.3) is 0 Å². The minimum Gasteiger partial charge on any atom is -0.497 e. The maximum atomic E-state index is 12.1. The van der Waals surface area contributed by atoms with Crippen LogP contribution >= 0.6 is 0 Å². The van der Waals surface area contributed by atoms with Crippen LogP contribution in [-0.4, -0.2) is 31.0 Å². The third-order valence-electron chi connectivity index (χ3n) is 2.32. The summed E-state index contributed by atoms with van der Waals surface area (Å²) >= 11 is 0. The van der Waals surface area contributed by atoms with Gasteiger partial charge in [-0.3, -0.25) is 4.79 Å². The molecular formula is C13H13N3O2. The highest BCUT2D eigenvalue weighted by molar-refractivity contribution is 5.99. The number of carbonyl (C=O) groups excluding carboxylic acids is 1. The van der Waals surface area contributed by atoms with Gasteiger partial charge in [-0.15, -0.1) is 6.42 Å². The van der Waals surface area contributed by atoms with Crippen molar-refractivity contribution in [3.05, 3.63) is 23.8 Å². The largest absolute Gasteiger partial charge is 0.497 e. The van der Waals surface area contributed by atoms with Crippen LogP contribution in [0.1, 0.15) is 10.4 Å². The van der Waals surface area contributed by atoms with Crippen molar-refractivity contribution in [2.45, 2.75) is 0 Å². The van der Waals surface area contributed by atoms with E-state index in [1.807, 2.05) is 6.07 Å². The fourth-order valence-corrected chi connectivity index (χ4v) is 1.43. The molecule has 0 fully saturated rings. The zero-order chi connectivity index (χ0) is 13.5. The Morgan fingerprint density at radius 1 is 1.56 bits per heavy atom. The highest BCUT2D eigenvalue weighted by atomic mass is 16.5. The van der Waals surface area contributed by atoms with Gasteiger partial charge in [-0.1, -0.05) is 5.92 Å². The number of hydrogen-bond acceptors (Lipinski definition) is 4. The molecule has 0 radical (unpaired) electrons. The molecule has 1 rings (SSSR count). The summed E-state index contributed by atoms with van der Waals surface area (Å²) in [6.07, 6.45) is 5.15. The minimum atomic E-state index is -0.366. The number of carbonyl (C=O) groups is 1. The van der Waals surface area contributed by atoms with Crippen LogP contribution < -0.4 is 10.5 Å². The Labute approximate surface area is 106 Å².